The van der Waals surface area contributed by atoms with E-state index in [-0.39, 0.29) is 10.0 Å². The summed E-state index contributed by atoms with van der Waals surface area (Å²) >= 11 is 11.5. The average Bonchev–Trinajstić information content (AvgIpc) is 2.81. The fourth-order valence-electron chi connectivity index (χ4n) is 1.63. The molecule has 0 unspecified atom stereocenters. The second kappa shape index (κ2) is 5.95. The van der Waals surface area contributed by atoms with Crippen LogP contribution in [0.1, 0.15) is 19.6 Å². The van der Waals surface area contributed by atoms with Gasteiger partial charge in [-0.1, -0.05) is 37.0 Å². The van der Waals surface area contributed by atoms with Crippen LogP contribution in [0.3, 0.4) is 0 Å². The maximum Gasteiger partial charge on any atom is 0.160 e. The van der Waals surface area contributed by atoms with E-state index < -0.39 is 5.82 Å². The van der Waals surface area contributed by atoms with Crippen LogP contribution in [0.25, 0.3) is 11.3 Å². The zero-order valence-corrected chi connectivity index (χ0v) is 12.1. The van der Waals surface area contributed by atoms with E-state index in [9.17, 15) is 4.39 Å². The summed E-state index contributed by atoms with van der Waals surface area (Å²) < 4.78 is 19.0. The summed E-state index contributed by atoms with van der Waals surface area (Å²) in [7, 11) is 0. The van der Waals surface area contributed by atoms with Crippen LogP contribution < -0.4 is 5.32 Å². The highest BCUT2D eigenvalue weighted by atomic mass is 35.5. The molecule has 0 bridgehead atoms. The van der Waals surface area contributed by atoms with E-state index in [0.29, 0.717) is 23.9 Å². The number of furan rings is 1. The Morgan fingerprint density at radius 3 is 2.42 bits per heavy atom. The summed E-state index contributed by atoms with van der Waals surface area (Å²) in [5.41, 5.74) is 0.659. The van der Waals surface area contributed by atoms with Gasteiger partial charge in [-0.2, -0.15) is 0 Å². The van der Waals surface area contributed by atoms with Crippen LogP contribution in [-0.2, 0) is 6.54 Å². The van der Waals surface area contributed by atoms with Gasteiger partial charge in [0.2, 0.25) is 0 Å². The van der Waals surface area contributed by atoms with Gasteiger partial charge >= 0.3 is 0 Å². The van der Waals surface area contributed by atoms with E-state index in [2.05, 4.69) is 19.2 Å². The summed E-state index contributed by atoms with van der Waals surface area (Å²) in [6, 6.07) is 7.07. The lowest BCUT2D eigenvalue weighted by molar-refractivity contribution is 0.473. The quantitative estimate of drug-likeness (QED) is 0.813. The fraction of sp³-hybridized carbons (Fsp3) is 0.286. The molecule has 2 nitrogen and oxygen atoms in total. The Morgan fingerprint density at radius 1 is 1.21 bits per heavy atom. The molecule has 0 aliphatic heterocycles. The van der Waals surface area contributed by atoms with Crippen molar-refractivity contribution in [1.82, 2.24) is 5.32 Å². The third-order valence-electron chi connectivity index (χ3n) is 2.61. The lowest BCUT2D eigenvalue weighted by Crippen LogP contribution is -2.21. The lowest BCUT2D eigenvalue weighted by atomic mass is 10.2. The van der Waals surface area contributed by atoms with Crippen molar-refractivity contribution >= 4 is 23.2 Å². The predicted molar refractivity (Wildman–Crippen MR) is 76.1 cm³/mol. The number of benzene rings is 1. The van der Waals surface area contributed by atoms with Gasteiger partial charge in [-0.15, -0.1) is 0 Å². The van der Waals surface area contributed by atoms with Gasteiger partial charge in [0, 0.05) is 11.6 Å². The van der Waals surface area contributed by atoms with Crippen molar-refractivity contribution in [3.63, 3.8) is 0 Å². The maximum atomic E-state index is 13.3. The minimum absolute atomic E-state index is 0.0132. The Bertz CT molecular complexity index is 558. The van der Waals surface area contributed by atoms with Crippen molar-refractivity contribution in [3.05, 3.63) is 45.9 Å². The van der Waals surface area contributed by atoms with Crippen molar-refractivity contribution in [1.29, 1.82) is 0 Å². The Balaban J connectivity index is 2.23. The monoisotopic (exact) mass is 301 g/mol. The number of halogens is 3. The SMILES string of the molecule is CC(C)NCc1ccc(-c2cc(Cl)c(F)c(Cl)c2)o1. The van der Waals surface area contributed by atoms with Gasteiger partial charge in [0.15, 0.2) is 5.82 Å². The first kappa shape index (κ1) is 14.4. The van der Waals surface area contributed by atoms with E-state index in [4.69, 9.17) is 27.6 Å². The standard InChI is InChI=1S/C14H14Cl2FNO/c1-8(2)18-7-10-3-4-13(19-10)9-5-11(15)14(17)12(16)6-9/h3-6,8,18H,7H2,1-2H3. The minimum Gasteiger partial charge on any atom is -0.460 e. The average molecular weight is 302 g/mol. The molecule has 0 aliphatic rings. The third kappa shape index (κ3) is 3.50. The molecule has 5 heteroatoms. The number of nitrogens with one attached hydrogen (secondary N) is 1. The van der Waals surface area contributed by atoms with Gasteiger partial charge < -0.3 is 9.73 Å². The van der Waals surface area contributed by atoms with Crippen LogP contribution >= 0.6 is 23.2 Å². The Kier molecular flexibility index (Phi) is 4.50. The van der Waals surface area contributed by atoms with Crippen LogP contribution in [0.2, 0.25) is 10.0 Å². The van der Waals surface area contributed by atoms with Crippen LogP contribution in [0.4, 0.5) is 4.39 Å². The Morgan fingerprint density at radius 2 is 1.84 bits per heavy atom. The third-order valence-corrected chi connectivity index (χ3v) is 3.16. The predicted octanol–water partition coefficient (Wildman–Crippen LogP) is 4.89. The van der Waals surface area contributed by atoms with Crippen LogP contribution in [-0.4, -0.2) is 6.04 Å². The molecule has 0 aliphatic carbocycles. The van der Waals surface area contributed by atoms with E-state index in [1.807, 2.05) is 12.1 Å². The molecule has 0 spiro atoms. The molecular weight excluding hydrogens is 288 g/mol. The summed E-state index contributed by atoms with van der Waals surface area (Å²) in [5, 5.41) is 3.23. The van der Waals surface area contributed by atoms with Crippen LogP contribution in [0, 0.1) is 5.82 Å². The van der Waals surface area contributed by atoms with E-state index >= 15 is 0 Å². The zero-order valence-electron chi connectivity index (χ0n) is 10.6. The normalized spacial score (nSPS) is 11.3. The molecule has 0 fully saturated rings. The van der Waals surface area contributed by atoms with Crippen molar-refractivity contribution < 1.29 is 8.81 Å². The summed E-state index contributed by atoms with van der Waals surface area (Å²) in [4.78, 5) is 0. The second-order valence-electron chi connectivity index (χ2n) is 4.56. The molecule has 2 rings (SSSR count). The number of hydrogen-bond donors (Lipinski definition) is 1. The molecule has 1 aromatic heterocycles. The molecule has 0 saturated carbocycles. The van der Waals surface area contributed by atoms with Crippen molar-refractivity contribution in [3.8, 4) is 11.3 Å². The summed E-state index contributed by atoms with van der Waals surface area (Å²) in [6.07, 6.45) is 0. The van der Waals surface area contributed by atoms with Gasteiger partial charge in [-0.3, -0.25) is 0 Å². The fourth-order valence-corrected chi connectivity index (χ4v) is 2.12. The van der Waals surface area contributed by atoms with Crippen molar-refractivity contribution in [2.75, 3.05) is 0 Å². The van der Waals surface area contributed by atoms with Crippen molar-refractivity contribution in [2.45, 2.75) is 26.4 Å². The number of hydrogen-bond acceptors (Lipinski definition) is 2. The minimum atomic E-state index is -0.611. The second-order valence-corrected chi connectivity index (χ2v) is 5.37. The molecule has 19 heavy (non-hydrogen) atoms. The highest BCUT2D eigenvalue weighted by Gasteiger charge is 2.11. The van der Waals surface area contributed by atoms with Gasteiger partial charge in [0.05, 0.1) is 16.6 Å². The largest absolute Gasteiger partial charge is 0.460 e. The molecule has 2 aromatic rings. The van der Waals surface area contributed by atoms with Gasteiger partial charge in [0.1, 0.15) is 11.5 Å². The first-order valence-corrected chi connectivity index (χ1v) is 6.70. The molecule has 0 amide bonds. The highest BCUT2D eigenvalue weighted by Crippen LogP contribution is 2.31. The Labute approximate surface area is 121 Å². The summed E-state index contributed by atoms with van der Waals surface area (Å²) in [5.74, 6) is 0.810. The first-order chi connectivity index (χ1) is 8.97. The van der Waals surface area contributed by atoms with Crippen LogP contribution in [0.15, 0.2) is 28.7 Å². The summed E-state index contributed by atoms with van der Waals surface area (Å²) in [6.45, 7) is 4.76. The zero-order chi connectivity index (χ0) is 14.0. The van der Waals surface area contributed by atoms with Gasteiger partial charge in [0.25, 0.3) is 0 Å². The molecule has 0 radical (unpaired) electrons. The topological polar surface area (TPSA) is 25.2 Å². The molecule has 102 valence electrons. The maximum absolute atomic E-state index is 13.3. The Hall–Kier alpha value is -1.03. The molecule has 0 atom stereocenters. The first-order valence-electron chi connectivity index (χ1n) is 5.94. The molecular formula is C14H14Cl2FNO. The molecule has 1 heterocycles. The number of rotatable bonds is 4. The molecule has 0 saturated heterocycles. The van der Waals surface area contributed by atoms with Gasteiger partial charge in [-0.05, 0) is 24.3 Å². The smallest absolute Gasteiger partial charge is 0.160 e. The van der Waals surface area contributed by atoms with Gasteiger partial charge in [-0.25, -0.2) is 4.39 Å². The van der Waals surface area contributed by atoms with Crippen LogP contribution in [0.5, 0.6) is 0 Å². The van der Waals surface area contributed by atoms with E-state index in [0.717, 1.165) is 5.76 Å². The van der Waals surface area contributed by atoms with Crippen molar-refractivity contribution in [2.24, 2.45) is 0 Å². The van der Waals surface area contributed by atoms with E-state index in [1.165, 1.54) is 12.1 Å². The highest BCUT2D eigenvalue weighted by molar-refractivity contribution is 6.35. The molecule has 1 N–H and O–H groups in total. The lowest BCUT2D eigenvalue weighted by Gasteiger charge is -2.05. The van der Waals surface area contributed by atoms with E-state index in [1.54, 1.807) is 0 Å². The molecule has 1 aromatic carbocycles.